The van der Waals surface area contributed by atoms with E-state index in [1.165, 1.54) is 5.57 Å². The van der Waals surface area contributed by atoms with Crippen molar-refractivity contribution in [3.8, 4) is 0 Å². The number of hydrogen-bond donors (Lipinski definition) is 2. The summed E-state index contributed by atoms with van der Waals surface area (Å²) in [6, 6.07) is 0. The van der Waals surface area contributed by atoms with E-state index in [0.29, 0.717) is 24.5 Å². The molecule has 2 saturated carbocycles. The number of fused-ring (bicyclic) bond motifs is 4. The first-order chi connectivity index (χ1) is 15.9. The highest BCUT2D eigenvalue weighted by Gasteiger charge is 2.65. The minimum absolute atomic E-state index is 0.00612. The van der Waals surface area contributed by atoms with E-state index in [1.54, 1.807) is 0 Å². The van der Waals surface area contributed by atoms with Gasteiger partial charge in [-0.25, -0.2) is 0 Å². The molecule has 0 amide bonds. The molecule has 190 valence electrons. The van der Waals surface area contributed by atoms with Crippen LogP contribution >= 0.6 is 0 Å². The van der Waals surface area contributed by atoms with E-state index < -0.39 is 5.41 Å². The molecule has 0 spiro atoms. The maximum atomic E-state index is 13.9. The van der Waals surface area contributed by atoms with Gasteiger partial charge in [0.15, 0.2) is 5.78 Å². The van der Waals surface area contributed by atoms with Gasteiger partial charge in [-0.2, -0.15) is 0 Å². The molecule has 2 fully saturated rings. The Morgan fingerprint density at radius 1 is 1.06 bits per heavy atom. The SMILES string of the molecule is CC(=CCCC(CO)C1CCC2(C)C3=C(CCC12C)C1(C)CCC(=O)C(C)(C)C1CC3=O)CO. The molecule has 4 rings (SSSR count). The van der Waals surface area contributed by atoms with E-state index in [-0.39, 0.29) is 47.1 Å². The molecule has 0 aromatic carbocycles. The van der Waals surface area contributed by atoms with Gasteiger partial charge < -0.3 is 10.2 Å². The summed E-state index contributed by atoms with van der Waals surface area (Å²) in [6.45, 7) is 13.4. The van der Waals surface area contributed by atoms with Crippen LogP contribution in [0.4, 0.5) is 0 Å². The first-order valence-corrected chi connectivity index (χ1v) is 13.5. The van der Waals surface area contributed by atoms with Crippen LogP contribution in [0.3, 0.4) is 0 Å². The second kappa shape index (κ2) is 8.69. The zero-order valence-corrected chi connectivity index (χ0v) is 22.3. The molecule has 2 N–H and O–H groups in total. The summed E-state index contributed by atoms with van der Waals surface area (Å²) in [6.07, 6.45) is 9.93. The van der Waals surface area contributed by atoms with Gasteiger partial charge in [-0.3, -0.25) is 9.59 Å². The fourth-order valence-corrected chi connectivity index (χ4v) is 8.99. The maximum absolute atomic E-state index is 13.9. The maximum Gasteiger partial charge on any atom is 0.159 e. The number of Topliss-reactive ketones (excluding diaryl/α,β-unsaturated/α-hetero) is 2. The Labute approximate surface area is 206 Å². The number of hydrogen-bond acceptors (Lipinski definition) is 4. The second-order valence-electron chi connectivity index (χ2n) is 13.2. The third-order valence-corrected chi connectivity index (χ3v) is 11.5. The highest BCUT2D eigenvalue weighted by Crippen LogP contribution is 2.71. The van der Waals surface area contributed by atoms with E-state index >= 15 is 0 Å². The number of rotatable bonds is 6. The fourth-order valence-electron chi connectivity index (χ4n) is 8.99. The van der Waals surface area contributed by atoms with E-state index in [0.717, 1.165) is 56.1 Å². The molecule has 0 saturated heterocycles. The van der Waals surface area contributed by atoms with Crippen LogP contribution in [0.25, 0.3) is 0 Å². The molecule has 6 atom stereocenters. The minimum atomic E-state index is -0.441. The van der Waals surface area contributed by atoms with Crippen molar-refractivity contribution >= 4 is 11.6 Å². The van der Waals surface area contributed by atoms with Crippen molar-refractivity contribution < 1.29 is 19.8 Å². The minimum Gasteiger partial charge on any atom is -0.396 e. The van der Waals surface area contributed by atoms with Crippen LogP contribution in [0.2, 0.25) is 0 Å². The summed E-state index contributed by atoms with van der Waals surface area (Å²) >= 11 is 0. The number of carbonyl (C=O) groups excluding carboxylic acids is 2. The normalized spacial score (nSPS) is 40.6. The van der Waals surface area contributed by atoms with Crippen molar-refractivity contribution in [1.82, 2.24) is 0 Å². The lowest BCUT2D eigenvalue weighted by Gasteiger charge is -2.60. The molecule has 0 radical (unpaired) electrons. The summed E-state index contributed by atoms with van der Waals surface area (Å²) in [5, 5.41) is 19.7. The average Bonchev–Trinajstić information content (AvgIpc) is 3.07. The van der Waals surface area contributed by atoms with Crippen LogP contribution in [0, 0.1) is 39.4 Å². The monoisotopic (exact) mass is 470 g/mol. The van der Waals surface area contributed by atoms with E-state index in [4.69, 9.17) is 0 Å². The highest BCUT2D eigenvalue weighted by atomic mass is 16.3. The standard InChI is InChI=1S/C30H46O4/c1-19(17-31)8-7-9-20(18-32)21-10-15-30(6)26-22(11-14-29(21,30)5)28(4)13-12-25(34)27(2,3)24(28)16-23(26)33/h8,20-21,24,31-32H,7,9-18H2,1-6H3. The Kier molecular flexibility index (Phi) is 6.60. The third-order valence-electron chi connectivity index (χ3n) is 11.5. The van der Waals surface area contributed by atoms with Crippen LogP contribution in [-0.4, -0.2) is 35.0 Å². The Hall–Kier alpha value is -1.26. The van der Waals surface area contributed by atoms with Crippen LogP contribution < -0.4 is 0 Å². The van der Waals surface area contributed by atoms with Crippen molar-refractivity contribution in [2.75, 3.05) is 13.2 Å². The predicted molar refractivity (Wildman–Crippen MR) is 135 cm³/mol. The summed E-state index contributed by atoms with van der Waals surface area (Å²) in [5.74, 6) is 1.31. The second-order valence-corrected chi connectivity index (χ2v) is 13.2. The Morgan fingerprint density at radius 3 is 2.41 bits per heavy atom. The van der Waals surface area contributed by atoms with Gasteiger partial charge in [-0.1, -0.05) is 51.8 Å². The Balaban J connectivity index is 1.69. The summed E-state index contributed by atoms with van der Waals surface area (Å²) in [5.41, 5.74) is 2.79. The molecule has 4 heteroatoms. The number of ketones is 2. The molecule has 34 heavy (non-hydrogen) atoms. The smallest absolute Gasteiger partial charge is 0.159 e. The zero-order chi connectivity index (χ0) is 25.1. The van der Waals surface area contributed by atoms with Gasteiger partial charge in [0.25, 0.3) is 0 Å². The lowest BCUT2D eigenvalue weighted by Crippen LogP contribution is -2.56. The van der Waals surface area contributed by atoms with Gasteiger partial charge in [0.05, 0.1) is 6.61 Å². The Morgan fingerprint density at radius 2 is 1.76 bits per heavy atom. The topological polar surface area (TPSA) is 74.6 Å². The predicted octanol–water partition coefficient (Wildman–Crippen LogP) is 5.81. The lowest BCUT2D eigenvalue weighted by molar-refractivity contribution is -0.142. The van der Waals surface area contributed by atoms with Crippen molar-refractivity contribution in [1.29, 1.82) is 0 Å². The molecule has 0 aromatic rings. The van der Waals surface area contributed by atoms with E-state index in [1.807, 2.05) is 6.92 Å². The molecular weight excluding hydrogens is 424 g/mol. The van der Waals surface area contributed by atoms with Gasteiger partial charge >= 0.3 is 0 Å². The summed E-state index contributed by atoms with van der Waals surface area (Å²) in [4.78, 5) is 26.7. The molecule has 4 aliphatic carbocycles. The van der Waals surface area contributed by atoms with Crippen LogP contribution in [-0.2, 0) is 9.59 Å². The van der Waals surface area contributed by atoms with Crippen molar-refractivity contribution in [2.24, 2.45) is 39.4 Å². The van der Waals surface area contributed by atoms with Gasteiger partial charge in [0.2, 0.25) is 0 Å². The molecule has 4 nitrogen and oxygen atoms in total. The lowest BCUT2D eigenvalue weighted by atomic mass is 9.43. The first-order valence-electron chi connectivity index (χ1n) is 13.5. The van der Waals surface area contributed by atoms with Crippen molar-refractivity contribution in [3.63, 3.8) is 0 Å². The van der Waals surface area contributed by atoms with Gasteiger partial charge in [-0.05, 0) is 80.5 Å². The molecular formula is C30H46O4. The third kappa shape index (κ3) is 3.53. The fraction of sp³-hybridized carbons (Fsp3) is 0.800. The largest absolute Gasteiger partial charge is 0.396 e. The number of aliphatic hydroxyl groups is 2. The number of allylic oxidation sites excluding steroid dienone is 3. The Bertz CT molecular complexity index is 926. The van der Waals surface area contributed by atoms with E-state index in [9.17, 15) is 19.8 Å². The van der Waals surface area contributed by atoms with Crippen LogP contribution in [0.1, 0.15) is 99.3 Å². The molecule has 0 bridgehead atoms. The molecule has 6 unspecified atom stereocenters. The number of carbonyl (C=O) groups is 2. The molecule has 0 aromatic heterocycles. The molecule has 4 aliphatic rings. The van der Waals surface area contributed by atoms with Crippen LogP contribution in [0.5, 0.6) is 0 Å². The molecule has 0 aliphatic heterocycles. The summed E-state index contributed by atoms with van der Waals surface area (Å²) in [7, 11) is 0. The average molecular weight is 471 g/mol. The van der Waals surface area contributed by atoms with Crippen LogP contribution in [0.15, 0.2) is 22.8 Å². The molecule has 0 heterocycles. The van der Waals surface area contributed by atoms with E-state index in [2.05, 4.69) is 40.7 Å². The number of aliphatic hydroxyl groups excluding tert-OH is 2. The highest BCUT2D eigenvalue weighted by molar-refractivity contribution is 6.00. The van der Waals surface area contributed by atoms with Crippen molar-refractivity contribution in [3.05, 3.63) is 22.8 Å². The summed E-state index contributed by atoms with van der Waals surface area (Å²) < 4.78 is 0. The van der Waals surface area contributed by atoms with Gasteiger partial charge in [-0.15, -0.1) is 0 Å². The zero-order valence-electron chi connectivity index (χ0n) is 22.3. The van der Waals surface area contributed by atoms with Gasteiger partial charge in [0, 0.05) is 35.9 Å². The quantitative estimate of drug-likeness (QED) is 0.480. The van der Waals surface area contributed by atoms with Gasteiger partial charge in [0.1, 0.15) is 5.78 Å². The van der Waals surface area contributed by atoms with Crippen molar-refractivity contribution in [2.45, 2.75) is 99.3 Å². The first kappa shape index (κ1) is 25.8.